The predicted molar refractivity (Wildman–Crippen MR) is 104 cm³/mol. The summed E-state index contributed by atoms with van der Waals surface area (Å²) >= 11 is 0. The lowest BCUT2D eigenvalue weighted by Gasteiger charge is -2.18. The molecule has 28 heavy (non-hydrogen) atoms. The van der Waals surface area contributed by atoms with E-state index in [9.17, 15) is 19.7 Å². The first-order valence-corrected chi connectivity index (χ1v) is 8.78. The molecule has 0 bridgehead atoms. The average Bonchev–Trinajstić information content (AvgIpc) is 2.67. The molecule has 0 aliphatic carbocycles. The van der Waals surface area contributed by atoms with Crippen LogP contribution in [0.4, 0.5) is 5.69 Å². The van der Waals surface area contributed by atoms with Crippen molar-refractivity contribution in [1.29, 1.82) is 0 Å². The number of nitrogens with zero attached hydrogens (tertiary/aromatic N) is 1. The second-order valence-corrected chi connectivity index (χ2v) is 6.34. The summed E-state index contributed by atoms with van der Waals surface area (Å²) in [5, 5.41) is 16.1. The minimum atomic E-state index is -0.531. The van der Waals surface area contributed by atoms with Crippen LogP contribution in [0.25, 0.3) is 0 Å². The van der Waals surface area contributed by atoms with Gasteiger partial charge in [-0.05, 0) is 32.0 Å². The van der Waals surface area contributed by atoms with Gasteiger partial charge in [0.1, 0.15) is 5.75 Å². The molecule has 0 fully saturated rings. The molecule has 2 N–H and O–H groups in total. The van der Waals surface area contributed by atoms with Gasteiger partial charge in [0.05, 0.1) is 18.1 Å². The molecule has 0 heterocycles. The first-order valence-electron chi connectivity index (χ1n) is 8.78. The Hall–Kier alpha value is -3.42. The highest BCUT2D eigenvalue weighted by atomic mass is 16.6. The van der Waals surface area contributed by atoms with Crippen LogP contribution in [0.3, 0.4) is 0 Å². The summed E-state index contributed by atoms with van der Waals surface area (Å²) in [7, 11) is 1.58. The van der Waals surface area contributed by atoms with Crippen LogP contribution in [0, 0.1) is 17.0 Å². The molecule has 1 atom stereocenters. The number of non-ortho nitro benzene ring substituents is 1. The van der Waals surface area contributed by atoms with E-state index in [0.717, 1.165) is 11.1 Å². The van der Waals surface area contributed by atoms with E-state index < -0.39 is 10.8 Å². The molecule has 2 aromatic rings. The number of aryl methyl sites for hydroxylation is 1. The van der Waals surface area contributed by atoms with E-state index in [0.29, 0.717) is 11.3 Å². The third kappa shape index (κ3) is 5.54. The summed E-state index contributed by atoms with van der Waals surface area (Å²) < 4.78 is 5.34. The second kappa shape index (κ2) is 9.50. The molecule has 0 aliphatic heterocycles. The topological polar surface area (TPSA) is 111 Å². The minimum Gasteiger partial charge on any atom is -0.496 e. The third-order valence-corrected chi connectivity index (χ3v) is 4.21. The Morgan fingerprint density at radius 2 is 1.86 bits per heavy atom. The molecule has 0 spiro atoms. The van der Waals surface area contributed by atoms with Gasteiger partial charge in [0.15, 0.2) is 0 Å². The van der Waals surface area contributed by atoms with Crippen molar-refractivity contribution in [3.05, 3.63) is 69.3 Å². The van der Waals surface area contributed by atoms with Crippen molar-refractivity contribution in [1.82, 2.24) is 10.6 Å². The van der Waals surface area contributed by atoms with Crippen molar-refractivity contribution in [2.24, 2.45) is 0 Å². The van der Waals surface area contributed by atoms with Gasteiger partial charge in [-0.25, -0.2) is 0 Å². The Labute approximate surface area is 163 Å². The Morgan fingerprint density at radius 1 is 1.18 bits per heavy atom. The summed E-state index contributed by atoms with van der Waals surface area (Å²) in [6, 6.07) is 10.8. The van der Waals surface area contributed by atoms with Crippen LogP contribution < -0.4 is 15.4 Å². The van der Waals surface area contributed by atoms with Crippen molar-refractivity contribution in [2.75, 3.05) is 13.7 Å². The molecule has 2 rings (SSSR count). The van der Waals surface area contributed by atoms with Crippen molar-refractivity contribution >= 4 is 17.5 Å². The zero-order valence-electron chi connectivity index (χ0n) is 16.0. The Morgan fingerprint density at radius 3 is 2.46 bits per heavy atom. The van der Waals surface area contributed by atoms with Gasteiger partial charge in [-0.2, -0.15) is 0 Å². The number of hydrogen-bond acceptors (Lipinski definition) is 5. The smallest absolute Gasteiger partial charge is 0.269 e. The van der Waals surface area contributed by atoms with E-state index in [-0.39, 0.29) is 30.6 Å². The molecule has 2 amide bonds. The molecule has 0 saturated heterocycles. The zero-order valence-corrected chi connectivity index (χ0v) is 16.0. The molecular weight excluding hydrogens is 362 g/mol. The summed E-state index contributed by atoms with van der Waals surface area (Å²) in [5.41, 5.74) is 2.15. The largest absolute Gasteiger partial charge is 0.496 e. The molecule has 0 saturated carbocycles. The molecule has 0 aliphatic rings. The molecule has 2 aromatic carbocycles. The van der Waals surface area contributed by atoms with Crippen molar-refractivity contribution in [3.63, 3.8) is 0 Å². The first kappa shape index (κ1) is 20.9. The van der Waals surface area contributed by atoms with E-state index in [4.69, 9.17) is 4.74 Å². The van der Waals surface area contributed by atoms with Gasteiger partial charge in [-0.1, -0.05) is 17.7 Å². The molecule has 8 nitrogen and oxygen atoms in total. The lowest BCUT2D eigenvalue weighted by Crippen LogP contribution is -2.32. The molecule has 0 unspecified atom stereocenters. The van der Waals surface area contributed by atoms with Crippen LogP contribution in [0.5, 0.6) is 5.75 Å². The Bertz CT molecular complexity index is 865. The van der Waals surface area contributed by atoms with Gasteiger partial charge in [-0.15, -0.1) is 0 Å². The van der Waals surface area contributed by atoms with Crippen LogP contribution in [0.2, 0.25) is 0 Å². The van der Waals surface area contributed by atoms with E-state index in [1.54, 1.807) is 7.11 Å². The number of carbonyl (C=O) groups excluding carboxylic acids is 2. The standard InChI is InChI=1S/C20H23N3O5/c1-13-4-9-18(28-3)17(12-13)14(2)22-19(24)10-11-21-20(25)15-5-7-16(8-6-15)23(26)27/h4-9,12,14H,10-11H2,1-3H3,(H,21,25)(H,22,24)/t14-/m0/s1. The van der Waals surface area contributed by atoms with Crippen LogP contribution in [0.1, 0.15) is 40.9 Å². The number of benzene rings is 2. The van der Waals surface area contributed by atoms with Gasteiger partial charge in [0.2, 0.25) is 5.91 Å². The fourth-order valence-corrected chi connectivity index (χ4v) is 2.71. The van der Waals surface area contributed by atoms with Crippen molar-refractivity contribution in [2.45, 2.75) is 26.3 Å². The van der Waals surface area contributed by atoms with Gasteiger partial charge in [0.25, 0.3) is 11.6 Å². The summed E-state index contributed by atoms with van der Waals surface area (Å²) in [6.07, 6.45) is 0.108. The third-order valence-electron chi connectivity index (χ3n) is 4.21. The number of methoxy groups -OCH3 is 1. The molecule has 0 aromatic heterocycles. The number of ether oxygens (including phenoxy) is 1. The summed E-state index contributed by atoms with van der Waals surface area (Å²) in [4.78, 5) is 34.3. The maximum absolute atomic E-state index is 12.2. The normalized spacial score (nSPS) is 11.4. The maximum Gasteiger partial charge on any atom is 0.269 e. The molecule has 0 radical (unpaired) electrons. The highest BCUT2D eigenvalue weighted by Crippen LogP contribution is 2.26. The minimum absolute atomic E-state index is 0.0866. The number of rotatable bonds is 8. The fraction of sp³-hybridized carbons (Fsp3) is 0.300. The monoisotopic (exact) mass is 385 g/mol. The lowest BCUT2D eigenvalue weighted by atomic mass is 10.0. The van der Waals surface area contributed by atoms with E-state index >= 15 is 0 Å². The SMILES string of the molecule is COc1ccc(C)cc1[C@H](C)NC(=O)CCNC(=O)c1ccc([N+](=O)[O-])cc1. The maximum atomic E-state index is 12.2. The quantitative estimate of drug-likeness (QED) is 0.536. The molecule has 148 valence electrons. The van der Waals surface area contributed by atoms with E-state index in [1.807, 2.05) is 32.0 Å². The summed E-state index contributed by atoms with van der Waals surface area (Å²) in [6.45, 7) is 3.98. The number of hydrogen-bond donors (Lipinski definition) is 2. The molecule has 8 heteroatoms. The van der Waals surface area contributed by atoms with Crippen LogP contribution in [-0.4, -0.2) is 30.4 Å². The second-order valence-electron chi connectivity index (χ2n) is 6.34. The average molecular weight is 385 g/mol. The van der Waals surface area contributed by atoms with Crippen molar-refractivity contribution in [3.8, 4) is 5.75 Å². The van der Waals surface area contributed by atoms with Crippen LogP contribution >= 0.6 is 0 Å². The number of carbonyl (C=O) groups is 2. The number of amides is 2. The van der Waals surface area contributed by atoms with Crippen LogP contribution in [-0.2, 0) is 4.79 Å². The number of nitro benzene ring substituents is 1. The van der Waals surface area contributed by atoms with Gasteiger partial charge in [-0.3, -0.25) is 19.7 Å². The fourth-order valence-electron chi connectivity index (χ4n) is 2.71. The summed E-state index contributed by atoms with van der Waals surface area (Å²) in [5.74, 6) is 0.0982. The highest BCUT2D eigenvalue weighted by Gasteiger charge is 2.15. The number of nitrogens with one attached hydrogen (secondary N) is 2. The predicted octanol–water partition coefficient (Wildman–Crippen LogP) is 2.91. The first-order chi connectivity index (χ1) is 13.3. The molecular formula is C20H23N3O5. The van der Waals surface area contributed by atoms with Gasteiger partial charge >= 0.3 is 0 Å². The Balaban J connectivity index is 1.84. The van der Waals surface area contributed by atoms with Crippen LogP contribution in [0.15, 0.2) is 42.5 Å². The van der Waals surface area contributed by atoms with E-state index in [1.165, 1.54) is 24.3 Å². The van der Waals surface area contributed by atoms with Gasteiger partial charge in [0, 0.05) is 36.2 Å². The lowest BCUT2D eigenvalue weighted by molar-refractivity contribution is -0.384. The van der Waals surface area contributed by atoms with Gasteiger partial charge < -0.3 is 15.4 Å². The van der Waals surface area contributed by atoms with Crippen molar-refractivity contribution < 1.29 is 19.2 Å². The number of nitro groups is 1. The zero-order chi connectivity index (χ0) is 20.7. The van der Waals surface area contributed by atoms with E-state index in [2.05, 4.69) is 10.6 Å². The highest BCUT2D eigenvalue weighted by molar-refractivity contribution is 5.94. The Kier molecular flexibility index (Phi) is 7.08.